The summed E-state index contributed by atoms with van der Waals surface area (Å²) in [5, 5.41) is 0.866. The largest absolute Gasteiger partial charge is 0.492 e. The zero-order chi connectivity index (χ0) is 30.2. The van der Waals surface area contributed by atoms with Crippen LogP contribution in [0, 0.1) is 18.6 Å². The smallest absolute Gasteiger partial charge is 0.337 e. The molecule has 1 atom stereocenters. The van der Waals surface area contributed by atoms with E-state index in [1.165, 1.54) is 29.8 Å². The highest BCUT2D eigenvalue weighted by Crippen LogP contribution is 2.41. The maximum Gasteiger partial charge on any atom is 0.337 e. The second-order valence-corrected chi connectivity index (χ2v) is 9.32. The summed E-state index contributed by atoms with van der Waals surface area (Å²) < 4.78 is 51.4. The number of benzene rings is 3. The van der Waals surface area contributed by atoms with Gasteiger partial charge >= 0.3 is 6.47 Å². The first-order valence-electron chi connectivity index (χ1n) is 13.7. The van der Waals surface area contributed by atoms with Crippen LogP contribution >= 0.6 is 0 Å². The minimum Gasteiger partial charge on any atom is -0.492 e. The molecular weight excluding hydrogens is 547 g/mol. The van der Waals surface area contributed by atoms with Crippen molar-refractivity contribution in [2.24, 2.45) is 0 Å². The molecule has 2 N–H and O–H groups in total. The van der Waals surface area contributed by atoms with Gasteiger partial charge < -0.3 is 19.4 Å². The summed E-state index contributed by atoms with van der Waals surface area (Å²) in [5.74, 6) is 0.807. The predicted octanol–water partition coefficient (Wildman–Crippen LogP) is 8.48. The van der Waals surface area contributed by atoms with Crippen LogP contribution in [0.4, 0.5) is 13.3 Å². The molecule has 5 aromatic rings. The number of carbonyl (C=O) groups excluding carboxylic acids is 1. The molecule has 42 heavy (non-hydrogen) atoms. The highest BCUT2D eigenvalue weighted by Gasteiger charge is 2.29. The number of carbonyl (C=O) groups is 1. The molecule has 7 nitrogen and oxygen atoms in total. The molecule has 6 rings (SSSR count). The molecule has 0 fully saturated rings. The summed E-state index contributed by atoms with van der Waals surface area (Å²) in [6.07, 6.45) is 5.48. The number of nitrogens with one attached hydrogen (secondary N) is 2. The first-order valence-corrected chi connectivity index (χ1v) is 13.7. The topological polar surface area (TPSA) is 89.2 Å². The number of aromatic nitrogens is 3. The van der Waals surface area contributed by atoms with Crippen LogP contribution in [-0.2, 0) is 16.2 Å². The summed E-state index contributed by atoms with van der Waals surface area (Å²) in [5.41, 5.74) is 4.77. The SMILES string of the molecule is CC.CCCc1cccc2c1OCC2c1cnc(-c2cc(Oc3c(F)cc4[nH]ccc4c3C)ccc2F)[nH]1.O=COF. The van der Waals surface area contributed by atoms with E-state index in [-0.39, 0.29) is 23.7 Å². The summed E-state index contributed by atoms with van der Waals surface area (Å²) in [6.45, 7) is 8.16. The zero-order valence-electron chi connectivity index (χ0n) is 23.8. The standard InChI is InChI=1S/C29H25F2N3O2.C2H6.CHFO2/c1-3-5-17-6-4-7-20-22(15-35-28(17)20)26-14-33-29(34-26)21-12-18(8-9-23(21)30)36-27-16(2)19-10-11-32-25(19)13-24(27)31;1-2;2-4-1-3/h4,6-14,22,32H,3,5,15H2,1-2H3,(H,33,34);1-2H3;1H. The Hall–Kier alpha value is -4.73. The third kappa shape index (κ3) is 6.12. The molecule has 1 aliphatic heterocycles. The average molecular weight is 580 g/mol. The predicted molar refractivity (Wildman–Crippen MR) is 154 cm³/mol. The Kier molecular flexibility index (Phi) is 9.90. The van der Waals surface area contributed by atoms with E-state index in [9.17, 15) is 13.3 Å². The monoisotopic (exact) mass is 579 g/mol. The van der Waals surface area contributed by atoms with Crippen molar-refractivity contribution in [1.82, 2.24) is 15.0 Å². The number of H-pyrrole nitrogens is 2. The number of halogens is 3. The lowest BCUT2D eigenvalue weighted by Gasteiger charge is -2.12. The highest BCUT2D eigenvalue weighted by atomic mass is 19.3. The van der Waals surface area contributed by atoms with Crippen molar-refractivity contribution < 1.29 is 32.5 Å². The van der Waals surface area contributed by atoms with Crippen LogP contribution in [0.5, 0.6) is 17.2 Å². The molecule has 0 saturated heterocycles. The van der Waals surface area contributed by atoms with Gasteiger partial charge in [-0.1, -0.05) is 45.4 Å². The lowest BCUT2D eigenvalue weighted by atomic mass is 9.95. The Morgan fingerprint density at radius 2 is 1.90 bits per heavy atom. The fourth-order valence-corrected chi connectivity index (χ4v) is 5.00. The Morgan fingerprint density at radius 1 is 1.12 bits per heavy atom. The number of imidazole rings is 1. The van der Waals surface area contributed by atoms with Crippen molar-refractivity contribution in [3.63, 3.8) is 0 Å². The second kappa shape index (κ2) is 13.8. The van der Waals surface area contributed by atoms with Crippen molar-refractivity contribution in [2.45, 2.75) is 46.5 Å². The van der Waals surface area contributed by atoms with Gasteiger partial charge in [-0.3, -0.25) is 9.74 Å². The quantitative estimate of drug-likeness (QED) is 0.189. The van der Waals surface area contributed by atoms with Gasteiger partial charge in [-0.2, -0.15) is 0 Å². The summed E-state index contributed by atoms with van der Waals surface area (Å²) in [4.78, 5) is 21.7. The molecule has 3 heterocycles. The first kappa shape index (κ1) is 30.2. The third-order valence-electron chi connectivity index (χ3n) is 6.85. The first-order chi connectivity index (χ1) is 20.4. The van der Waals surface area contributed by atoms with Gasteiger partial charge in [-0.05, 0) is 43.2 Å². The number of ether oxygens (including phenoxy) is 2. The molecule has 0 amide bonds. The molecule has 0 bridgehead atoms. The van der Waals surface area contributed by atoms with E-state index in [1.807, 2.05) is 19.9 Å². The van der Waals surface area contributed by atoms with E-state index in [0.29, 0.717) is 29.3 Å². The zero-order valence-corrected chi connectivity index (χ0v) is 23.8. The van der Waals surface area contributed by atoms with Crippen LogP contribution in [0.3, 0.4) is 0 Å². The number of aromatic amines is 2. The number of nitrogens with zero attached hydrogens (tertiary/aromatic N) is 1. The molecule has 0 saturated carbocycles. The third-order valence-corrected chi connectivity index (χ3v) is 6.85. The van der Waals surface area contributed by atoms with Gasteiger partial charge in [-0.25, -0.2) is 13.8 Å². The Balaban J connectivity index is 0.000000624. The van der Waals surface area contributed by atoms with Gasteiger partial charge in [0.25, 0.3) is 0 Å². The van der Waals surface area contributed by atoms with E-state index < -0.39 is 11.6 Å². The number of rotatable bonds is 7. The van der Waals surface area contributed by atoms with Gasteiger partial charge in [0.15, 0.2) is 11.6 Å². The van der Waals surface area contributed by atoms with E-state index in [0.717, 1.165) is 35.2 Å². The molecule has 0 aliphatic carbocycles. The lowest BCUT2D eigenvalue weighted by Crippen LogP contribution is -2.03. The number of aryl methyl sites for hydroxylation is 2. The van der Waals surface area contributed by atoms with Gasteiger partial charge in [0.1, 0.15) is 29.7 Å². The normalized spacial score (nSPS) is 13.3. The van der Waals surface area contributed by atoms with Gasteiger partial charge in [-0.15, -0.1) is 0 Å². The maximum absolute atomic E-state index is 14.9. The van der Waals surface area contributed by atoms with Crippen molar-refractivity contribution >= 4 is 17.4 Å². The van der Waals surface area contributed by atoms with Crippen LogP contribution in [0.25, 0.3) is 22.3 Å². The molecule has 220 valence electrons. The van der Waals surface area contributed by atoms with E-state index in [1.54, 1.807) is 19.3 Å². The molecule has 3 aromatic carbocycles. The lowest BCUT2D eigenvalue weighted by molar-refractivity contribution is -0.165. The van der Waals surface area contributed by atoms with E-state index in [2.05, 4.69) is 45.0 Å². The van der Waals surface area contributed by atoms with Crippen LogP contribution < -0.4 is 9.47 Å². The molecule has 1 aliphatic rings. The minimum absolute atomic E-state index is 0.00891. The van der Waals surface area contributed by atoms with Crippen LogP contribution in [0.1, 0.15) is 55.5 Å². The number of para-hydroxylation sites is 1. The maximum atomic E-state index is 14.9. The highest BCUT2D eigenvalue weighted by molar-refractivity contribution is 5.85. The Labute approximate surface area is 241 Å². The van der Waals surface area contributed by atoms with Crippen LogP contribution in [0.15, 0.2) is 60.9 Å². The minimum atomic E-state index is -0.490. The molecule has 0 radical (unpaired) electrons. The van der Waals surface area contributed by atoms with Crippen LogP contribution in [0.2, 0.25) is 0 Å². The second-order valence-electron chi connectivity index (χ2n) is 9.32. The molecule has 10 heteroatoms. The van der Waals surface area contributed by atoms with E-state index >= 15 is 0 Å². The Morgan fingerprint density at radius 3 is 2.64 bits per heavy atom. The van der Waals surface area contributed by atoms with Crippen molar-refractivity contribution in [3.05, 3.63) is 94.9 Å². The Bertz CT molecular complexity index is 1660. The van der Waals surface area contributed by atoms with E-state index in [4.69, 9.17) is 14.3 Å². The molecule has 1 unspecified atom stereocenters. The summed E-state index contributed by atoms with van der Waals surface area (Å²) in [7, 11) is 0. The fraction of sp³-hybridized carbons (Fsp3) is 0.250. The van der Waals surface area contributed by atoms with Crippen molar-refractivity contribution in [1.29, 1.82) is 0 Å². The number of hydrogen-bond donors (Lipinski definition) is 2. The fourth-order valence-electron chi connectivity index (χ4n) is 5.00. The van der Waals surface area contributed by atoms with Gasteiger partial charge in [0.2, 0.25) is 0 Å². The van der Waals surface area contributed by atoms with Gasteiger partial charge in [0.05, 0.1) is 11.5 Å². The van der Waals surface area contributed by atoms with Crippen molar-refractivity contribution in [3.8, 4) is 28.6 Å². The van der Waals surface area contributed by atoms with Crippen LogP contribution in [-0.4, -0.2) is 28.0 Å². The average Bonchev–Trinajstić information content (AvgIpc) is 3.78. The number of fused-ring (bicyclic) bond motifs is 2. The van der Waals surface area contributed by atoms with Gasteiger partial charge in [0, 0.05) is 50.7 Å². The molecular formula is C32H32F3N3O4. The summed E-state index contributed by atoms with van der Waals surface area (Å²) >= 11 is 0. The number of hydrogen-bond acceptors (Lipinski definition) is 5. The summed E-state index contributed by atoms with van der Waals surface area (Å²) in [6, 6.07) is 13.8. The molecule has 2 aromatic heterocycles. The van der Waals surface area contributed by atoms with Crippen molar-refractivity contribution in [2.75, 3.05) is 6.61 Å². The molecule has 0 spiro atoms.